The average Bonchev–Trinajstić information content (AvgIpc) is 3.38. The van der Waals surface area contributed by atoms with E-state index in [1.165, 1.54) is 5.56 Å². The molecule has 0 radical (unpaired) electrons. The fourth-order valence-corrected chi connectivity index (χ4v) is 2.81. The van der Waals surface area contributed by atoms with Gasteiger partial charge in [-0.05, 0) is 50.3 Å². The Balaban J connectivity index is 1.44. The van der Waals surface area contributed by atoms with Crippen LogP contribution < -0.4 is 15.4 Å². The molecule has 1 saturated carbocycles. The first-order valence-electron chi connectivity index (χ1n) is 8.56. The van der Waals surface area contributed by atoms with E-state index in [4.69, 9.17) is 9.47 Å². The van der Waals surface area contributed by atoms with Crippen LogP contribution in [-0.2, 0) is 9.53 Å². The lowest BCUT2D eigenvalue weighted by Crippen LogP contribution is -2.36. The van der Waals surface area contributed by atoms with Gasteiger partial charge in [-0.1, -0.05) is 12.1 Å². The Bertz CT molecular complexity index is 508. The number of hydrogen-bond donors (Lipinski definition) is 2. The smallest absolute Gasteiger partial charge is 0.258 e. The lowest BCUT2D eigenvalue weighted by atomic mass is 10.0. The predicted molar refractivity (Wildman–Crippen MR) is 88.5 cm³/mol. The second-order valence-electron chi connectivity index (χ2n) is 6.47. The van der Waals surface area contributed by atoms with Crippen molar-refractivity contribution >= 4 is 5.91 Å². The molecule has 1 aliphatic carbocycles. The summed E-state index contributed by atoms with van der Waals surface area (Å²) < 4.78 is 10.9. The summed E-state index contributed by atoms with van der Waals surface area (Å²) in [7, 11) is 0. The molecule has 3 rings (SSSR count). The lowest BCUT2D eigenvalue weighted by molar-refractivity contribution is -0.123. The molecule has 0 aromatic heterocycles. The summed E-state index contributed by atoms with van der Waals surface area (Å²) in [6.07, 6.45) is 4.33. The number of nitrogens with one attached hydrogen (secondary N) is 2. The number of rotatable bonds is 7. The predicted octanol–water partition coefficient (Wildman–Crippen LogP) is 2.17. The SMILES string of the molecule is CC(NC1CCOCC1)c1ccc(OCC(=O)NC2CC2)cc1. The maximum Gasteiger partial charge on any atom is 0.258 e. The van der Waals surface area contributed by atoms with Crippen LogP contribution in [0.4, 0.5) is 0 Å². The zero-order chi connectivity index (χ0) is 16.1. The highest BCUT2D eigenvalue weighted by Gasteiger charge is 2.23. The monoisotopic (exact) mass is 318 g/mol. The topological polar surface area (TPSA) is 59.6 Å². The minimum absolute atomic E-state index is 0.0360. The molecule has 126 valence electrons. The second-order valence-corrected chi connectivity index (χ2v) is 6.47. The summed E-state index contributed by atoms with van der Waals surface area (Å²) >= 11 is 0. The van der Waals surface area contributed by atoms with Crippen molar-refractivity contribution in [2.24, 2.45) is 0 Å². The van der Waals surface area contributed by atoms with Gasteiger partial charge >= 0.3 is 0 Å². The van der Waals surface area contributed by atoms with Crippen molar-refractivity contribution in [1.82, 2.24) is 10.6 Å². The second kappa shape index (κ2) is 7.79. The maximum atomic E-state index is 11.6. The van der Waals surface area contributed by atoms with Crippen molar-refractivity contribution in [3.05, 3.63) is 29.8 Å². The zero-order valence-corrected chi connectivity index (χ0v) is 13.7. The third-order valence-electron chi connectivity index (χ3n) is 4.40. The summed E-state index contributed by atoms with van der Waals surface area (Å²) in [6, 6.07) is 9.19. The Labute approximate surface area is 137 Å². The van der Waals surface area contributed by atoms with E-state index in [1.807, 2.05) is 12.1 Å². The zero-order valence-electron chi connectivity index (χ0n) is 13.7. The molecule has 1 amide bonds. The van der Waals surface area contributed by atoms with Crippen LogP contribution in [0.3, 0.4) is 0 Å². The Kier molecular flexibility index (Phi) is 5.51. The highest BCUT2D eigenvalue weighted by Crippen LogP contribution is 2.20. The summed E-state index contributed by atoms with van der Waals surface area (Å²) in [5.74, 6) is 0.698. The van der Waals surface area contributed by atoms with Gasteiger partial charge in [-0.25, -0.2) is 0 Å². The molecule has 5 heteroatoms. The molecule has 1 heterocycles. The molecule has 1 aromatic carbocycles. The Morgan fingerprint density at radius 2 is 1.87 bits per heavy atom. The first-order valence-corrected chi connectivity index (χ1v) is 8.56. The minimum Gasteiger partial charge on any atom is -0.484 e. The van der Waals surface area contributed by atoms with Crippen LogP contribution in [0, 0.1) is 0 Å². The van der Waals surface area contributed by atoms with Crippen molar-refractivity contribution in [3.8, 4) is 5.75 Å². The third-order valence-corrected chi connectivity index (χ3v) is 4.40. The van der Waals surface area contributed by atoms with Crippen LogP contribution >= 0.6 is 0 Å². The van der Waals surface area contributed by atoms with Gasteiger partial charge in [0, 0.05) is 31.3 Å². The molecule has 0 bridgehead atoms. The van der Waals surface area contributed by atoms with E-state index < -0.39 is 0 Å². The van der Waals surface area contributed by atoms with E-state index in [-0.39, 0.29) is 12.5 Å². The number of benzene rings is 1. The van der Waals surface area contributed by atoms with Crippen molar-refractivity contribution in [1.29, 1.82) is 0 Å². The Morgan fingerprint density at radius 1 is 1.17 bits per heavy atom. The molecular weight excluding hydrogens is 292 g/mol. The summed E-state index contributed by atoms with van der Waals surface area (Å²) in [5, 5.41) is 6.56. The van der Waals surface area contributed by atoms with Crippen molar-refractivity contribution in [2.45, 2.75) is 50.7 Å². The molecule has 1 saturated heterocycles. The molecule has 2 fully saturated rings. The van der Waals surface area contributed by atoms with E-state index in [1.54, 1.807) is 0 Å². The van der Waals surface area contributed by atoms with Gasteiger partial charge < -0.3 is 20.1 Å². The van der Waals surface area contributed by atoms with E-state index >= 15 is 0 Å². The van der Waals surface area contributed by atoms with Crippen LogP contribution in [0.25, 0.3) is 0 Å². The maximum absolute atomic E-state index is 11.6. The summed E-state index contributed by atoms with van der Waals surface area (Å²) in [5.41, 5.74) is 1.23. The largest absolute Gasteiger partial charge is 0.484 e. The summed E-state index contributed by atoms with van der Waals surface area (Å²) in [6.45, 7) is 3.96. The van der Waals surface area contributed by atoms with Crippen LogP contribution in [0.15, 0.2) is 24.3 Å². The van der Waals surface area contributed by atoms with Gasteiger partial charge in [0.05, 0.1) is 0 Å². The fourth-order valence-electron chi connectivity index (χ4n) is 2.81. The van der Waals surface area contributed by atoms with Gasteiger partial charge in [0.25, 0.3) is 5.91 Å². The fraction of sp³-hybridized carbons (Fsp3) is 0.611. The Morgan fingerprint density at radius 3 is 2.52 bits per heavy atom. The van der Waals surface area contributed by atoms with Gasteiger partial charge in [0.1, 0.15) is 5.75 Å². The molecular formula is C18H26N2O3. The van der Waals surface area contributed by atoms with Crippen LogP contribution in [-0.4, -0.2) is 37.8 Å². The van der Waals surface area contributed by atoms with Gasteiger partial charge in [0.15, 0.2) is 6.61 Å². The van der Waals surface area contributed by atoms with E-state index in [0.717, 1.165) is 44.6 Å². The van der Waals surface area contributed by atoms with E-state index in [0.29, 0.717) is 18.1 Å². The molecule has 1 aromatic rings. The van der Waals surface area contributed by atoms with Gasteiger partial charge in [-0.2, -0.15) is 0 Å². The van der Waals surface area contributed by atoms with Gasteiger partial charge in [-0.15, -0.1) is 0 Å². The molecule has 23 heavy (non-hydrogen) atoms. The number of amides is 1. The number of carbonyl (C=O) groups excluding carboxylic acids is 1. The molecule has 0 spiro atoms. The standard InChI is InChI=1S/C18H26N2O3/c1-13(19-16-8-10-22-11-9-16)14-2-6-17(7-3-14)23-12-18(21)20-15-4-5-15/h2-3,6-7,13,15-16,19H,4-5,8-12H2,1H3,(H,20,21). The third kappa shape index (κ3) is 5.22. The number of carbonyl (C=O) groups is 1. The normalized spacial score (nSPS) is 20.0. The molecule has 1 unspecified atom stereocenters. The van der Waals surface area contributed by atoms with Crippen molar-refractivity contribution in [2.75, 3.05) is 19.8 Å². The lowest BCUT2D eigenvalue weighted by Gasteiger charge is -2.27. The molecule has 1 atom stereocenters. The van der Waals surface area contributed by atoms with E-state index in [2.05, 4.69) is 29.7 Å². The van der Waals surface area contributed by atoms with Crippen molar-refractivity contribution in [3.63, 3.8) is 0 Å². The van der Waals surface area contributed by atoms with Crippen LogP contribution in [0.1, 0.15) is 44.2 Å². The number of ether oxygens (including phenoxy) is 2. The highest BCUT2D eigenvalue weighted by atomic mass is 16.5. The molecule has 1 aliphatic heterocycles. The van der Waals surface area contributed by atoms with Gasteiger partial charge in [0.2, 0.25) is 0 Å². The molecule has 5 nitrogen and oxygen atoms in total. The average molecular weight is 318 g/mol. The minimum atomic E-state index is -0.0360. The van der Waals surface area contributed by atoms with Crippen LogP contribution in [0.5, 0.6) is 5.75 Å². The van der Waals surface area contributed by atoms with Gasteiger partial charge in [-0.3, -0.25) is 4.79 Å². The number of hydrogen-bond acceptors (Lipinski definition) is 4. The highest BCUT2D eigenvalue weighted by molar-refractivity contribution is 5.78. The Hall–Kier alpha value is -1.59. The molecule has 2 aliphatic rings. The molecule has 2 N–H and O–H groups in total. The quantitative estimate of drug-likeness (QED) is 0.809. The van der Waals surface area contributed by atoms with Crippen LogP contribution in [0.2, 0.25) is 0 Å². The first kappa shape index (κ1) is 16.3. The van der Waals surface area contributed by atoms with E-state index in [9.17, 15) is 4.79 Å². The van der Waals surface area contributed by atoms with Crippen molar-refractivity contribution < 1.29 is 14.3 Å². The first-order chi connectivity index (χ1) is 11.2. The summed E-state index contributed by atoms with van der Waals surface area (Å²) in [4.78, 5) is 11.6.